The molecule has 1 N–H and O–H groups in total. The molecule has 22 heavy (non-hydrogen) atoms. The molecule has 0 spiro atoms. The maximum atomic E-state index is 13.7. The molecule has 7 heteroatoms. The maximum Gasteiger partial charge on any atom is 0.335 e. The van der Waals surface area contributed by atoms with Gasteiger partial charge in [-0.25, -0.2) is 13.6 Å². The molecule has 0 saturated carbocycles. The lowest BCUT2D eigenvalue weighted by Gasteiger charge is -1.98. The Balaban J connectivity index is 2.05. The van der Waals surface area contributed by atoms with Crippen molar-refractivity contribution < 1.29 is 23.2 Å². The minimum absolute atomic E-state index is 0.0424. The highest BCUT2D eigenvalue weighted by molar-refractivity contribution is 5.89. The second-order valence-electron chi connectivity index (χ2n) is 4.41. The Labute approximate surface area is 122 Å². The zero-order valence-electron chi connectivity index (χ0n) is 11.0. The van der Waals surface area contributed by atoms with Gasteiger partial charge in [0.1, 0.15) is 17.2 Å². The lowest BCUT2D eigenvalue weighted by Crippen LogP contribution is -1.96. The molecular weight excluding hydrogens is 294 g/mol. The van der Waals surface area contributed by atoms with E-state index in [0.717, 1.165) is 12.1 Å². The summed E-state index contributed by atoms with van der Waals surface area (Å²) in [6, 6.07) is 9.21. The first-order valence-corrected chi connectivity index (χ1v) is 6.18. The van der Waals surface area contributed by atoms with Gasteiger partial charge in [-0.05, 0) is 24.3 Å². The zero-order valence-corrected chi connectivity index (χ0v) is 11.0. The summed E-state index contributed by atoms with van der Waals surface area (Å²) in [6.07, 6.45) is 0. The molecule has 1 heterocycles. The molecule has 0 aliphatic heterocycles. The highest BCUT2D eigenvalue weighted by Gasteiger charge is 2.18. The monoisotopic (exact) mass is 302 g/mol. The summed E-state index contributed by atoms with van der Waals surface area (Å²) in [4.78, 5) is 14.9. The van der Waals surface area contributed by atoms with Crippen molar-refractivity contribution in [3.63, 3.8) is 0 Å². The summed E-state index contributed by atoms with van der Waals surface area (Å²) in [5.74, 6) is -3.03. The smallest absolute Gasteiger partial charge is 0.335 e. The molecule has 0 aliphatic carbocycles. The van der Waals surface area contributed by atoms with Crippen LogP contribution in [0.4, 0.5) is 8.78 Å². The molecule has 0 unspecified atom stereocenters. The molecule has 0 aliphatic rings. The summed E-state index contributed by atoms with van der Waals surface area (Å²) in [7, 11) is 0. The fourth-order valence-corrected chi connectivity index (χ4v) is 1.94. The number of halogens is 2. The SMILES string of the molecule is O=C(O)c1cccc(-c2noc(-c3c(F)cccc3F)n2)c1. The average molecular weight is 302 g/mol. The lowest BCUT2D eigenvalue weighted by atomic mass is 10.1. The molecule has 0 fully saturated rings. The molecule has 0 radical (unpaired) electrons. The van der Waals surface area contributed by atoms with Crippen molar-refractivity contribution >= 4 is 5.97 Å². The first-order valence-electron chi connectivity index (χ1n) is 6.18. The van der Waals surface area contributed by atoms with E-state index in [1.165, 1.54) is 24.3 Å². The van der Waals surface area contributed by atoms with Gasteiger partial charge in [0, 0.05) is 5.56 Å². The number of carboxylic acid groups (broad SMARTS) is 1. The van der Waals surface area contributed by atoms with Crippen molar-refractivity contribution in [3.05, 3.63) is 59.7 Å². The fourth-order valence-electron chi connectivity index (χ4n) is 1.94. The van der Waals surface area contributed by atoms with Gasteiger partial charge in [-0.1, -0.05) is 23.4 Å². The Hall–Kier alpha value is -3.09. The molecule has 0 bridgehead atoms. The molecule has 5 nitrogen and oxygen atoms in total. The topological polar surface area (TPSA) is 76.2 Å². The van der Waals surface area contributed by atoms with Gasteiger partial charge in [0.15, 0.2) is 0 Å². The number of benzene rings is 2. The number of aromatic carboxylic acids is 1. The minimum atomic E-state index is -1.11. The number of carbonyl (C=O) groups is 1. The van der Waals surface area contributed by atoms with Gasteiger partial charge >= 0.3 is 5.97 Å². The zero-order chi connectivity index (χ0) is 15.7. The Morgan fingerprint density at radius 3 is 2.45 bits per heavy atom. The molecule has 0 atom stereocenters. The van der Waals surface area contributed by atoms with Crippen molar-refractivity contribution in [1.82, 2.24) is 10.1 Å². The minimum Gasteiger partial charge on any atom is -0.478 e. The van der Waals surface area contributed by atoms with Gasteiger partial charge in [-0.2, -0.15) is 4.98 Å². The van der Waals surface area contributed by atoms with Gasteiger partial charge < -0.3 is 9.63 Å². The first kappa shape index (κ1) is 13.9. The third-order valence-electron chi connectivity index (χ3n) is 2.97. The van der Waals surface area contributed by atoms with Crippen LogP contribution in [0.3, 0.4) is 0 Å². The van der Waals surface area contributed by atoms with Crippen LogP contribution in [-0.2, 0) is 0 Å². The van der Waals surface area contributed by atoms with Gasteiger partial charge in [0.25, 0.3) is 5.89 Å². The lowest BCUT2D eigenvalue weighted by molar-refractivity contribution is 0.0697. The van der Waals surface area contributed by atoms with E-state index in [0.29, 0.717) is 5.56 Å². The summed E-state index contributed by atoms with van der Waals surface area (Å²) in [5.41, 5.74) is -0.0109. The number of nitrogens with zero attached hydrogens (tertiary/aromatic N) is 2. The van der Waals surface area contributed by atoms with E-state index < -0.39 is 23.2 Å². The Morgan fingerprint density at radius 2 is 1.77 bits per heavy atom. The van der Waals surface area contributed by atoms with Crippen molar-refractivity contribution in [3.8, 4) is 22.8 Å². The van der Waals surface area contributed by atoms with E-state index in [1.807, 2.05) is 0 Å². The highest BCUT2D eigenvalue weighted by Crippen LogP contribution is 2.27. The van der Waals surface area contributed by atoms with Crippen LogP contribution in [0.1, 0.15) is 10.4 Å². The van der Waals surface area contributed by atoms with Crippen molar-refractivity contribution in [2.24, 2.45) is 0 Å². The predicted octanol–water partition coefficient (Wildman–Crippen LogP) is 3.38. The van der Waals surface area contributed by atoms with Gasteiger partial charge in [-0.15, -0.1) is 0 Å². The van der Waals surface area contributed by atoms with Crippen LogP contribution in [0, 0.1) is 11.6 Å². The maximum absolute atomic E-state index is 13.7. The molecule has 0 saturated heterocycles. The summed E-state index contributed by atoms with van der Waals surface area (Å²) in [5, 5.41) is 12.6. The van der Waals surface area contributed by atoms with E-state index in [-0.39, 0.29) is 17.3 Å². The second-order valence-corrected chi connectivity index (χ2v) is 4.41. The standard InChI is InChI=1S/C15H8F2N2O3/c16-10-5-2-6-11(17)12(10)14-18-13(19-22-14)8-3-1-4-9(7-8)15(20)21/h1-7H,(H,20,21). The third-order valence-corrected chi connectivity index (χ3v) is 2.97. The number of hydrogen-bond acceptors (Lipinski definition) is 4. The van der Waals surface area contributed by atoms with Crippen molar-refractivity contribution in [2.75, 3.05) is 0 Å². The normalized spacial score (nSPS) is 10.6. The Bertz CT molecular complexity index is 841. The van der Waals surface area contributed by atoms with E-state index in [1.54, 1.807) is 6.07 Å². The fraction of sp³-hybridized carbons (Fsp3) is 0. The van der Waals surface area contributed by atoms with Crippen LogP contribution in [-0.4, -0.2) is 21.2 Å². The predicted molar refractivity (Wildman–Crippen MR) is 72.0 cm³/mol. The molecule has 110 valence electrons. The molecule has 0 amide bonds. The highest BCUT2D eigenvalue weighted by atomic mass is 19.1. The summed E-state index contributed by atoms with van der Waals surface area (Å²) in [6.45, 7) is 0. The van der Waals surface area contributed by atoms with E-state index in [9.17, 15) is 13.6 Å². The van der Waals surface area contributed by atoms with E-state index >= 15 is 0 Å². The third kappa shape index (κ3) is 2.44. The van der Waals surface area contributed by atoms with Crippen molar-refractivity contribution in [2.45, 2.75) is 0 Å². The van der Waals surface area contributed by atoms with E-state index in [4.69, 9.17) is 9.63 Å². The van der Waals surface area contributed by atoms with Gasteiger partial charge in [0.2, 0.25) is 5.82 Å². The largest absolute Gasteiger partial charge is 0.478 e. The van der Waals surface area contributed by atoms with Crippen LogP contribution in [0.25, 0.3) is 22.8 Å². The van der Waals surface area contributed by atoms with Crippen molar-refractivity contribution in [1.29, 1.82) is 0 Å². The van der Waals surface area contributed by atoms with Crippen LogP contribution in [0.5, 0.6) is 0 Å². The summed E-state index contributed by atoms with van der Waals surface area (Å²) >= 11 is 0. The number of hydrogen-bond donors (Lipinski definition) is 1. The van der Waals surface area contributed by atoms with E-state index in [2.05, 4.69) is 10.1 Å². The quantitative estimate of drug-likeness (QED) is 0.802. The van der Waals surface area contributed by atoms with Crippen LogP contribution in [0.15, 0.2) is 47.0 Å². The summed E-state index contributed by atoms with van der Waals surface area (Å²) < 4.78 is 32.2. The molecular formula is C15H8F2N2O3. The number of aromatic nitrogens is 2. The van der Waals surface area contributed by atoms with Gasteiger partial charge in [0.05, 0.1) is 5.56 Å². The Morgan fingerprint density at radius 1 is 1.09 bits per heavy atom. The number of carboxylic acids is 1. The van der Waals surface area contributed by atoms with Crippen LogP contribution in [0.2, 0.25) is 0 Å². The van der Waals surface area contributed by atoms with Crippen LogP contribution >= 0.6 is 0 Å². The number of rotatable bonds is 3. The molecule has 1 aromatic heterocycles. The van der Waals surface area contributed by atoms with Crippen LogP contribution < -0.4 is 0 Å². The molecule has 2 aromatic carbocycles. The molecule has 3 rings (SSSR count). The van der Waals surface area contributed by atoms with Gasteiger partial charge in [-0.3, -0.25) is 0 Å². The second kappa shape index (κ2) is 5.36. The Kier molecular flexibility index (Phi) is 3.38. The molecule has 3 aromatic rings. The first-order chi connectivity index (χ1) is 10.6. The average Bonchev–Trinajstić information content (AvgIpc) is 2.97.